The van der Waals surface area contributed by atoms with Gasteiger partial charge < -0.3 is 4.90 Å². The Morgan fingerprint density at radius 1 is 1.18 bits per heavy atom. The molecular formula is C16H29N. The van der Waals surface area contributed by atoms with Crippen molar-refractivity contribution in [1.82, 2.24) is 4.90 Å². The van der Waals surface area contributed by atoms with Gasteiger partial charge in [-0.05, 0) is 37.8 Å². The van der Waals surface area contributed by atoms with Crippen molar-refractivity contribution in [3.8, 4) is 0 Å². The normalized spacial score (nSPS) is 20.4. The van der Waals surface area contributed by atoms with E-state index in [0.717, 1.165) is 5.92 Å². The van der Waals surface area contributed by atoms with Crippen LogP contribution < -0.4 is 0 Å². The van der Waals surface area contributed by atoms with Gasteiger partial charge in [0.25, 0.3) is 0 Å². The van der Waals surface area contributed by atoms with E-state index in [1.54, 1.807) is 0 Å². The van der Waals surface area contributed by atoms with Gasteiger partial charge in [-0.1, -0.05) is 51.3 Å². The highest BCUT2D eigenvalue weighted by Crippen LogP contribution is 2.12. The molecule has 0 radical (unpaired) electrons. The Kier molecular flexibility index (Phi) is 7.87. The van der Waals surface area contributed by atoms with E-state index < -0.39 is 0 Å². The predicted octanol–water partition coefficient (Wildman–Crippen LogP) is 4.76. The number of unbranched alkanes of at least 4 members (excludes halogenated alkanes) is 4. The highest BCUT2D eigenvalue weighted by molar-refractivity contribution is 4.93. The van der Waals surface area contributed by atoms with E-state index in [9.17, 15) is 0 Å². The molecule has 1 atom stereocenters. The third-order valence-corrected chi connectivity index (χ3v) is 3.47. The van der Waals surface area contributed by atoms with Crippen molar-refractivity contribution in [2.24, 2.45) is 5.92 Å². The molecule has 0 amide bonds. The maximum Gasteiger partial charge on any atom is 0.0206 e. The number of rotatable bonds is 8. The van der Waals surface area contributed by atoms with Crippen molar-refractivity contribution >= 4 is 0 Å². The first-order chi connectivity index (χ1) is 8.33. The summed E-state index contributed by atoms with van der Waals surface area (Å²) in [5.74, 6) is 0.778. The molecule has 0 bridgehead atoms. The second kappa shape index (κ2) is 9.32. The molecule has 0 fully saturated rings. The van der Waals surface area contributed by atoms with Gasteiger partial charge in [0, 0.05) is 13.1 Å². The Hall–Kier alpha value is -0.720. The van der Waals surface area contributed by atoms with Crippen LogP contribution in [0.4, 0.5) is 0 Å². The summed E-state index contributed by atoms with van der Waals surface area (Å²) in [6, 6.07) is 0. The van der Waals surface area contributed by atoms with Gasteiger partial charge in [0.15, 0.2) is 0 Å². The number of allylic oxidation sites excluding steroid dienone is 2. The van der Waals surface area contributed by atoms with Crippen molar-refractivity contribution in [3.05, 3.63) is 24.4 Å². The molecule has 98 valence electrons. The molecule has 1 rings (SSSR count). The Morgan fingerprint density at radius 3 is 2.71 bits per heavy atom. The highest BCUT2D eigenvalue weighted by Gasteiger charge is 2.07. The van der Waals surface area contributed by atoms with Crippen LogP contribution >= 0.6 is 0 Å². The minimum absolute atomic E-state index is 0.778. The summed E-state index contributed by atoms with van der Waals surface area (Å²) in [5.41, 5.74) is 0. The third-order valence-electron chi connectivity index (χ3n) is 3.47. The molecular weight excluding hydrogens is 206 g/mol. The van der Waals surface area contributed by atoms with E-state index in [1.807, 2.05) is 0 Å². The zero-order valence-corrected chi connectivity index (χ0v) is 11.7. The molecule has 0 spiro atoms. The third kappa shape index (κ3) is 7.25. The van der Waals surface area contributed by atoms with Crippen molar-refractivity contribution in [3.63, 3.8) is 0 Å². The first kappa shape index (κ1) is 14.3. The van der Waals surface area contributed by atoms with Gasteiger partial charge in [0.05, 0.1) is 0 Å². The van der Waals surface area contributed by atoms with Crippen LogP contribution in [0.2, 0.25) is 0 Å². The molecule has 0 aliphatic carbocycles. The molecule has 1 heteroatoms. The average Bonchev–Trinajstić information content (AvgIpc) is 2.35. The van der Waals surface area contributed by atoms with Crippen LogP contribution in [0, 0.1) is 5.92 Å². The lowest BCUT2D eigenvalue weighted by Crippen LogP contribution is -2.24. The minimum atomic E-state index is 0.778. The molecule has 0 saturated carbocycles. The van der Waals surface area contributed by atoms with Gasteiger partial charge in [-0.15, -0.1) is 0 Å². The first-order valence-corrected chi connectivity index (χ1v) is 7.40. The Bertz CT molecular complexity index is 230. The van der Waals surface area contributed by atoms with Crippen molar-refractivity contribution in [1.29, 1.82) is 0 Å². The highest BCUT2D eigenvalue weighted by atomic mass is 15.1. The SMILES string of the molecule is CCCCCC/C=C\CCN1C=CC(C)CC1. The van der Waals surface area contributed by atoms with E-state index in [-0.39, 0.29) is 0 Å². The van der Waals surface area contributed by atoms with Gasteiger partial charge in [-0.25, -0.2) is 0 Å². The molecule has 0 saturated heterocycles. The van der Waals surface area contributed by atoms with Crippen molar-refractivity contribution in [2.45, 2.75) is 58.8 Å². The van der Waals surface area contributed by atoms with Crippen molar-refractivity contribution < 1.29 is 0 Å². The molecule has 0 aromatic heterocycles. The van der Waals surface area contributed by atoms with Crippen LogP contribution in [0.1, 0.15) is 58.8 Å². The summed E-state index contributed by atoms with van der Waals surface area (Å²) >= 11 is 0. The summed E-state index contributed by atoms with van der Waals surface area (Å²) in [6.07, 6.45) is 18.6. The number of hydrogen-bond donors (Lipinski definition) is 0. The molecule has 1 heterocycles. The van der Waals surface area contributed by atoms with Crippen LogP contribution in [0.25, 0.3) is 0 Å². The van der Waals surface area contributed by atoms with E-state index >= 15 is 0 Å². The van der Waals surface area contributed by atoms with Crippen LogP contribution in [0.3, 0.4) is 0 Å². The quantitative estimate of drug-likeness (QED) is 0.433. The summed E-state index contributed by atoms with van der Waals surface area (Å²) < 4.78 is 0. The maximum atomic E-state index is 2.45. The van der Waals surface area contributed by atoms with Crippen LogP contribution in [-0.4, -0.2) is 18.0 Å². The Morgan fingerprint density at radius 2 is 2.00 bits per heavy atom. The van der Waals surface area contributed by atoms with Crippen LogP contribution in [0.15, 0.2) is 24.4 Å². The Balaban J connectivity index is 1.96. The zero-order valence-electron chi connectivity index (χ0n) is 11.7. The average molecular weight is 235 g/mol. The standard InChI is InChI=1S/C16H29N/c1-3-4-5-6-7-8-9-10-13-17-14-11-16(2)12-15-17/h8-9,11,14,16H,3-7,10,12-13,15H2,1-2H3/b9-8-. The Labute approximate surface area is 108 Å². The molecule has 17 heavy (non-hydrogen) atoms. The molecule has 1 nitrogen and oxygen atoms in total. The van der Waals surface area contributed by atoms with E-state index in [0.29, 0.717) is 0 Å². The molecule has 1 aliphatic rings. The molecule has 0 N–H and O–H groups in total. The fourth-order valence-corrected chi connectivity index (χ4v) is 2.16. The maximum absolute atomic E-state index is 2.45. The predicted molar refractivity (Wildman–Crippen MR) is 77.0 cm³/mol. The van der Waals surface area contributed by atoms with E-state index in [2.05, 4.69) is 43.2 Å². The van der Waals surface area contributed by atoms with Gasteiger partial charge in [-0.3, -0.25) is 0 Å². The zero-order chi connectivity index (χ0) is 12.3. The molecule has 1 unspecified atom stereocenters. The second-order valence-corrected chi connectivity index (χ2v) is 5.25. The summed E-state index contributed by atoms with van der Waals surface area (Å²) in [6.45, 7) is 6.99. The van der Waals surface area contributed by atoms with Gasteiger partial charge in [0.1, 0.15) is 0 Å². The van der Waals surface area contributed by atoms with Crippen LogP contribution in [-0.2, 0) is 0 Å². The molecule has 1 aliphatic heterocycles. The smallest absolute Gasteiger partial charge is 0.0206 e. The second-order valence-electron chi connectivity index (χ2n) is 5.25. The van der Waals surface area contributed by atoms with Gasteiger partial charge in [-0.2, -0.15) is 0 Å². The van der Waals surface area contributed by atoms with Gasteiger partial charge in [0.2, 0.25) is 0 Å². The fraction of sp³-hybridized carbons (Fsp3) is 0.750. The monoisotopic (exact) mass is 235 g/mol. The first-order valence-electron chi connectivity index (χ1n) is 7.40. The summed E-state index contributed by atoms with van der Waals surface area (Å²) in [4.78, 5) is 2.45. The van der Waals surface area contributed by atoms with Gasteiger partial charge >= 0.3 is 0 Å². The van der Waals surface area contributed by atoms with E-state index in [1.165, 1.54) is 58.0 Å². The fourth-order valence-electron chi connectivity index (χ4n) is 2.16. The minimum Gasteiger partial charge on any atom is -0.377 e. The lowest BCUT2D eigenvalue weighted by atomic mass is 10.1. The lowest BCUT2D eigenvalue weighted by Gasteiger charge is -2.25. The molecule has 0 aromatic carbocycles. The van der Waals surface area contributed by atoms with E-state index in [4.69, 9.17) is 0 Å². The number of nitrogens with zero attached hydrogens (tertiary/aromatic N) is 1. The summed E-state index contributed by atoms with van der Waals surface area (Å²) in [5, 5.41) is 0. The lowest BCUT2D eigenvalue weighted by molar-refractivity contribution is 0.335. The number of hydrogen-bond acceptors (Lipinski definition) is 1. The topological polar surface area (TPSA) is 3.24 Å². The van der Waals surface area contributed by atoms with Crippen LogP contribution in [0.5, 0.6) is 0 Å². The molecule has 0 aromatic rings. The largest absolute Gasteiger partial charge is 0.377 e. The summed E-state index contributed by atoms with van der Waals surface area (Å²) in [7, 11) is 0. The van der Waals surface area contributed by atoms with Crippen molar-refractivity contribution in [2.75, 3.05) is 13.1 Å².